The molecule has 0 atom stereocenters. The van der Waals surface area contributed by atoms with Gasteiger partial charge in [0.05, 0.1) is 5.41 Å². The van der Waals surface area contributed by atoms with Crippen molar-refractivity contribution in [1.29, 1.82) is 0 Å². The average Bonchev–Trinajstić information content (AvgIpc) is 3.43. The van der Waals surface area contributed by atoms with Crippen LogP contribution < -0.4 is 5.32 Å². The number of hydrogen-bond acceptors (Lipinski definition) is 3. The molecule has 0 spiro atoms. The summed E-state index contributed by atoms with van der Waals surface area (Å²) in [7, 11) is 0. The van der Waals surface area contributed by atoms with Crippen LogP contribution in [0, 0.1) is 0 Å². The molecule has 1 fully saturated rings. The number of anilines is 1. The van der Waals surface area contributed by atoms with Crippen molar-refractivity contribution in [3.05, 3.63) is 84.4 Å². The van der Waals surface area contributed by atoms with Gasteiger partial charge in [-0.15, -0.1) is 0 Å². The van der Waals surface area contributed by atoms with Crippen molar-refractivity contribution in [3.8, 4) is 11.5 Å². The van der Waals surface area contributed by atoms with E-state index in [1.165, 1.54) is 0 Å². The molecule has 5 rings (SSSR count). The molecular weight excluding hydrogens is 360 g/mol. The molecule has 4 nitrogen and oxygen atoms in total. The van der Waals surface area contributed by atoms with E-state index in [2.05, 4.69) is 22.4 Å². The minimum Gasteiger partial charge on any atom is -0.436 e. The summed E-state index contributed by atoms with van der Waals surface area (Å²) in [6.45, 7) is 0. The Kier molecular flexibility index (Phi) is 4.39. The first-order valence-electron chi connectivity index (χ1n) is 10.1. The Hall–Kier alpha value is -3.40. The molecule has 1 heterocycles. The lowest BCUT2D eigenvalue weighted by Gasteiger charge is -2.28. The fourth-order valence-corrected chi connectivity index (χ4v) is 4.34. The lowest BCUT2D eigenvalue weighted by Crippen LogP contribution is -2.37. The van der Waals surface area contributed by atoms with Crippen LogP contribution in [-0.2, 0) is 10.2 Å². The van der Waals surface area contributed by atoms with Gasteiger partial charge >= 0.3 is 0 Å². The average molecular weight is 382 g/mol. The zero-order valence-electron chi connectivity index (χ0n) is 16.1. The monoisotopic (exact) mass is 382 g/mol. The molecule has 0 bridgehead atoms. The highest BCUT2D eigenvalue weighted by Crippen LogP contribution is 2.42. The van der Waals surface area contributed by atoms with Crippen LogP contribution in [0.4, 0.5) is 5.69 Å². The molecule has 4 aromatic rings. The van der Waals surface area contributed by atoms with Crippen LogP contribution in [0.2, 0.25) is 0 Å². The van der Waals surface area contributed by atoms with Gasteiger partial charge in [-0.3, -0.25) is 4.79 Å². The molecule has 1 aliphatic carbocycles. The van der Waals surface area contributed by atoms with Crippen LogP contribution in [0.1, 0.15) is 31.2 Å². The molecule has 1 aliphatic rings. The number of nitrogens with zero attached hydrogens (tertiary/aromatic N) is 1. The number of rotatable bonds is 4. The number of carbonyl (C=O) groups is 1. The van der Waals surface area contributed by atoms with Crippen LogP contribution >= 0.6 is 0 Å². The maximum absolute atomic E-state index is 13.3. The van der Waals surface area contributed by atoms with Crippen molar-refractivity contribution < 1.29 is 9.21 Å². The Balaban J connectivity index is 1.44. The van der Waals surface area contributed by atoms with Gasteiger partial charge in [0, 0.05) is 17.3 Å². The van der Waals surface area contributed by atoms with Crippen LogP contribution in [0.3, 0.4) is 0 Å². The first-order chi connectivity index (χ1) is 14.2. The summed E-state index contributed by atoms with van der Waals surface area (Å²) in [6.07, 6.45) is 3.91. The summed E-state index contributed by atoms with van der Waals surface area (Å²) in [6, 6.07) is 25.6. The Bertz CT molecular complexity index is 1140. The van der Waals surface area contributed by atoms with Crippen LogP contribution in [0.15, 0.2) is 83.3 Å². The lowest BCUT2D eigenvalue weighted by molar-refractivity contribution is -0.121. The van der Waals surface area contributed by atoms with Gasteiger partial charge < -0.3 is 9.73 Å². The zero-order valence-corrected chi connectivity index (χ0v) is 16.1. The molecule has 0 radical (unpaired) electrons. The fraction of sp³-hybridized carbons (Fsp3) is 0.200. The lowest BCUT2D eigenvalue weighted by atomic mass is 9.78. The van der Waals surface area contributed by atoms with Crippen molar-refractivity contribution >= 4 is 22.7 Å². The second-order valence-corrected chi connectivity index (χ2v) is 7.68. The third-order valence-electron chi connectivity index (χ3n) is 5.89. The van der Waals surface area contributed by atoms with E-state index < -0.39 is 5.41 Å². The van der Waals surface area contributed by atoms with E-state index in [9.17, 15) is 4.79 Å². The van der Waals surface area contributed by atoms with Crippen molar-refractivity contribution in [2.45, 2.75) is 31.1 Å². The number of carbonyl (C=O) groups excluding carboxylic acids is 1. The smallest absolute Gasteiger partial charge is 0.235 e. The zero-order chi connectivity index (χ0) is 19.7. The molecule has 0 aliphatic heterocycles. The molecule has 1 aromatic heterocycles. The van der Waals surface area contributed by atoms with E-state index in [0.29, 0.717) is 11.5 Å². The Labute approximate surface area is 169 Å². The van der Waals surface area contributed by atoms with Crippen molar-refractivity contribution in [3.63, 3.8) is 0 Å². The molecule has 144 valence electrons. The molecule has 0 unspecified atom stereocenters. The van der Waals surface area contributed by atoms with Gasteiger partial charge in [0.15, 0.2) is 5.58 Å². The van der Waals surface area contributed by atoms with Crippen LogP contribution in [-0.4, -0.2) is 10.9 Å². The summed E-state index contributed by atoms with van der Waals surface area (Å²) >= 11 is 0. The standard InChI is InChI=1S/C25H22N2O2/c28-24(25(15-7-8-16-25)19-11-5-2-6-12-19)26-20-13-14-21-22(17-20)29-23(27-21)18-9-3-1-4-10-18/h1-6,9-14,17H,7-8,15-16H2,(H,26,28). The topological polar surface area (TPSA) is 55.1 Å². The molecule has 29 heavy (non-hydrogen) atoms. The van der Waals surface area contributed by atoms with Crippen molar-refractivity contribution in [2.75, 3.05) is 5.32 Å². The largest absolute Gasteiger partial charge is 0.436 e. The Morgan fingerprint density at radius 2 is 1.59 bits per heavy atom. The highest BCUT2D eigenvalue weighted by molar-refractivity contribution is 6.00. The maximum Gasteiger partial charge on any atom is 0.235 e. The Morgan fingerprint density at radius 3 is 2.31 bits per heavy atom. The van der Waals surface area contributed by atoms with Crippen molar-refractivity contribution in [2.24, 2.45) is 0 Å². The number of oxazole rings is 1. The molecule has 0 saturated heterocycles. The molecule has 3 aromatic carbocycles. The van der Waals surface area contributed by atoms with Crippen molar-refractivity contribution in [1.82, 2.24) is 4.98 Å². The van der Waals surface area contributed by atoms with Gasteiger partial charge in [-0.05, 0) is 42.7 Å². The predicted octanol–water partition coefficient (Wildman–Crippen LogP) is 5.95. The van der Waals surface area contributed by atoms with E-state index in [-0.39, 0.29) is 5.91 Å². The fourth-order valence-electron chi connectivity index (χ4n) is 4.34. The number of fused-ring (bicyclic) bond motifs is 1. The highest BCUT2D eigenvalue weighted by Gasteiger charge is 2.42. The summed E-state index contributed by atoms with van der Waals surface area (Å²) in [4.78, 5) is 17.9. The van der Waals surface area contributed by atoms with E-state index in [4.69, 9.17) is 4.42 Å². The van der Waals surface area contributed by atoms with Crippen LogP contribution in [0.25, 0.3) is 22.6 Å². The number of aromatic nitrogens is 1. The molecular formula is C25H22N2O2. The maximum atomic E-state index is 13.3. The quantitative estimate of drug-likeness (QED) is 0.475. The van der Waals surface area contributed by atoms with Gasteiger partial charge in [0.25, 0.3) is 0 Å². The summed E-state index contributed by atoms with van der Waals surface area (Å²) in [5.74, 6) is 0.643. The molecule has 1 saturated carbocycles. The Morgan fingerprint density at radius 1 is 0.897 bits per heavy atom. The third kappa shape index (κ3) is 3.21. The van der Waals surface area contributed by atoms with Gasteiger partial charge in [0.1, 0.15) is 5.52 Å². The third-order valence-corrected chi connectivity index (χ3v) is 5.89. The number of hydrogen-bond donors (Lipinski definition) is 1. The minimum absolute atomic E-state index is 0.0587. The van der Waals surface area contributed by atoms with Gasteiger partial charge in [0.2, 0.25) is 11.8 Å². The normalized spacial score (nSPS) is 15.4. The van der Waals surface area contributed by atoms with E-state index in [1.807, 2.05) is 66.7 Å². The van der Waals surface area contributed by atoms with Gasteiger partial charge in [-0.2, -0.15) is 0 Å². The second-order valence-electron chi connectivity index (χ2n) is 7.68. The van der Waals surface area contributed by atoms with Crippen LogP contribution in [0.5, 0.6) is 0 Å². The van der Waals surface area contributed by atoms with E-state index in [1.54, 1.807) is 0 Å². The number of amides is 1. The van der Waals surface area contributed by atoms with E-state index in [0.717, 1.165) is 48.0 Å². The molecule has 1 amide bonds. The molecule has 4 heteroatoms. The number of nitrogens with one attached hydrogen (secondary N) is 1. The minimum atomic E-state index is -0.452. The summed E-state index contributed by atoms with van der Waals surface area (Å²) in [5, 5.41) is 3.14. The highest BCUT2D eigenvalue weighted by atomic mass is 16.3. The summed E-state index contributed by atoms with van der Waals surface area (Å²) in [5.41, 5.74) is 3.76. The summed E-state index contributed by atoms with van der Waals surface area (Å²) < 4.78 is 5.95. The van der Waals surface area contributed by atoms with Gasteiger partial charge in [-0.1, -0.05) is 61.4 Å². The molecule has 1 N–H and O–H groups in total. The second kappa shape index (κ2) is 7.21. The predicted molar refractivity (Wildman–Crippen MR) is 115 cm³/mol. The first-order valence-corrected chi connectivity index (χ1v) is 10.1. The first kappa shape index (κ1) is 17.7. The van der Waals surface area contributed by atoms with E-state index >= 15 is 0 Å². The SMILES string of the molecule is O=C(Nc1ccc2nc(-c3ccccc3)oc2c1)C1(c2ccccc2)CCCC1. The van der Waals surface area contributed by atoms with Gasteiger partial charge in [-0.25, -0.2) is 4.98 Å². The number of benzene rings is 3.